The maximum atomic E-state index is 4.28. The van der Waals surface area contributed by atoms with Crippen LogP contribution >= 0.6 is 0 Å². The molecule has 17 heavy (non-hydrogen) atoms. The zero-order chi connectivity index (χ0) is 12.1. The van der Waals surface area contributed by atoms with Crippen LogP contribution in [0.25, 0.3) is 0 Å². The summed E-state index contributed by atoms with van der Waals surface area (Å²) in [6.07, 6.45) is 7.55. The van der Waals surface area contributed by atoms with E-state index in [0.29, 0.717) is 12.1 Å². The predicted octanol–water partition coefficient (Wildman–Crippen LogP) is 1.98. The fourth-order valence-corrected chi connectivity index (χ4v) is 2.41. The Morgan fingerprint density at radius 3 is 2.53 bits per heavy atom. The lowest BCUT2D eigenvalue weighted by Crippen LogP contribution is -2.35. The van der Waals surface area contributed by atoms with Gasteiger partial charge < -0.3 is 10.6 Å². The summed E-state index contributed by atoms with van der Waals surface area (Å²) in [5, 5.41) is 6.87. The van der Waals surface area contributed by atoms with E-state index >= 15 is 0 Å². The molecule has 0 bridgehead atoms. The molecule has 1 aromatic heterocycles. The van der Waals surface area contributed by atoms with Crippen molar-refractivity contribution in [1.82, 2.24) is 15.3 Å². The van der Waals surface area contributed by atoms with Crippen LogP contribution in [0.15, 0.2) is 12.4 Å². The number of anilines is 1. The van der Waals surface area contributed by atoms with Crippen molar-refractivity contribution in [2.45, 2.75) is 51.1 Å². The second-order valence-electron chi connectivity index (χ2n) is 4.73. The molecule has 1 saturated carbocycles. The second-order valence-corrected chi connectivity index (χ2v) is 4.73. The van der Waals surface area contributed by atoms with Crippen molar-refractivity contribution >= 4 is 5.82 Å². The first-order valence-electron chi connectivity index (χ1n) is 6.56. The van der Waals surface area contributed by atoms with Crippen LogP contribution in [0.2, 0.25) is 0 Å². The van der Waals surface area contributed by atoms with Crippen LogP contribution in [0.4, 0.5) is 5.82 Å². The predicted molar refractivity (Wildman–Crippen MR) is 70.1 cm³/mol. The summed E-state index contributed by atoms with van der Waals surface area (Å²) in [6.45, 7) is 2.12. The van der Waals surface area contributed by atoms with E-state index in [9.17, 15) is 0 Å². The Balaban J connectivity index is 1.88. The molecule has 0 aromatic carbocycles. The third kappa shape index (κ3) is 3.40. The lowest BCUT2D eigenvalue weighted by molar-refractivity contribution is 0.371. The zero-order valence-electron chi connectivity index (χ0n) is 10.7. The van der Waals surface area contributed by atoms with Gasteiger partial charge in [-0.3, -0.25) is 0 Å². The van der Waals surface area contributed by atoms with Crippen LogP contribution in [0.1, 0.15) is 38.3 Å². The molecule has 0 amide bonds. The van der Waals surface area contributed by atoms with Crippen molar-refractivity contribution in [1.29, 1.82) is 0 Å². The van der Waals surface area contributed by atoms with Crippen LogP contribution in [-0.2, 0) is 6.42 Å². The number of hydrogen-bond acceptors (Lipinski definition) is 4. The highest BCUT2D eigenvalue weighted by Gasteiger charge is 2.19. The van der Waals surface area contributed by atoms with Crippen LogP contribution < -0.4 is 10.6 Å². The summed E-state index contributed by atoms with van der Waals surface area (Å²) in [7, 11) is 2.05. The first-order valence-corrected chi connectivity index (χ1v) is 6.56. The van der Waals surface area contributed by atoms with E-state index in [2.05, 4.69) is 40.6 Å². The molecule has 1 heterocycles. The van der Waals surface area contributed by atoms with Crippen LogP contribution in [0, 0.1) is 0 Å². The average Bonchev–Trinajstić information content (AvgIpc) is 2.40. The van der Waals surface area contributed by atoms with E-state index in [1.54, 1.807) is 6.33 Å². The van der Waals surface area contributed by atoms with Crippen molar-refractivity contribution in [3.05, 3.63) is 18.1 Å². The Kier molecular flexibility index (Phi) is 4.31. The summed E-state index contributed by atoms with van der Waals surface area (Å²) in [6, 6.07) is 3.33. The molecule has 0 spiro atoms. The van der Waals surface area contributed by atoms with E-state index in [1.165, 1.54) is 25.7 Å². The Bertz CT molecular complexity index is 345. The molecule has 2 rings (SSSR count). The van der Waals surface area contributed by atoms with Crippen molar-refractivity contribution in [2.75, 3.05) is 12.4 Å². The number of hydrogen-bond donors (Lipinski definition) is 2. The largest absolute Gasteiger partial charge is 0.367 e. The highest BCUT2D eigenvalue weighted by atomic mass is 15.0. The molecule has 1 fully saturated rings. The van der Waals surface area contributed by atoms with E-state index < -0.39 is 0 Å². The smallest absolute Gasteiger partial charge is 0.129 e. The van der Waals surface area contributed by atoms with Gasteiger partial charge >= 0.3 is 0 Å². The molecule has 0 radical (unpaired) electrons. The van der Waals surface area contributed by atoms with E-state index in [4.69, 9.17) is 0 Å². The summed E-state index contributed by atoms with van der Waals surface area (Å²) >= 11 is 0. The number of aryl methyl sites for hydroxylation is 1. The molecule has 4 heteroatoms. The summed E-state index contributed by atoms with van der Waals surface area (Å²) in [5.74, 6) is 0.977. The highest BCUT2D eigenvalue weighted by Crippen LogP contribution is 2.21. The van der Waals surface area contributed by atoms with Gasteiger partial charge in [-0.1, -0.05) is 6.92 Å². The lowest BCUT2D eigenvalue weighted by Gasteiger charge is -2.29. The van der Waals surface area contributed by atoms with Crippen LogP contribution in [0.5, 0.6) is 0 Å². The molecule has 0 atom stereocenters. The molecular weight excluding hydrogens is 212 g/mol. The number of rotatable bonds is 4. The van der Waals surface area contributed by atoms with Gasteiger partial charge in [0.25, 0.3) is 0 Å². The van der Waals surface area contributed by atoms with Gasteiger partial charge in [0.05, 0.1) is 0 Å². The first kappa shape index (κ1) is 12.3. The molecule has 2 N–H and O–H groups in total. The van der Waals surface area contributed by atoms with Gasteiger partial charge in [-0.15, -0.1) is 0 Å². The third-order valence-electron chi connectivity index (χ3n) is 3.57. The van der Waals surface area contributed by atoms with Gasteiger partial charge in [0.1, 0.15) is 12.1 Å². The van der Waals surface area contributed by atoms with Gasteiger partial charge in [0, 0.05) is 23.8 Å². The molecular formula is C13H22N4. The quantitative estimate of drug-likeness (QED) is 0.836. The first-order chi connectivity index (χ1) is 8.31. The van der Waals surface area contributed by atoms with Crippen molar-refractivity contribution in [2.24, 2.45) is 0 Å². The molecule has 1 aliphatic rings. The lowest BCUT2D eigenvalue weighted by atomic mass is 9.91. The van der Waals surface area contributed by atoms with Crippen LogP contribution in [0.3, 0.4) is 0 Å². The monoisotopic (exact) mass is 234 g/mol. The van der Waals surface area contributed by atoms with Crippen molar-refractivity contribution in [3.63, 3.8) is 0 Å². The summed E-state index contributed by atoms with van der Waals surface area (Å²) < 4.78 is 0. The van der Waals surface area contributed by atoms with E-state index in [-0.39, 0.29) is 0 Å². The molecule has 0 unspecified atom stereocenters. The number of nitrogens with one attached hydrogen (secondary N) is 2. The molecule has 0 aliphatic heterocycles. The van der Waals surface area contributed by atoms with Gasteiger partial charge in [-0.2, -0.15) is 0 Å². The number of nitrogens with zero attached hydrogens (tertiary/aromatic N) is 2. The molecule has 1 aromatic rings. The Morgan fingerprint density at radius 1 is 1.18 bits per heavy atom. The van der Waals surface area contributed by atoms with Gasteiger partial charge in [0.2, 0.25) is 0 Å². The SMILES string of the molecule is CCc1cc(NC2CCC(NC)CC2)ncn1. The Labute approximate surface area is 103 Å². The fraction of sp³-hybridized carbons (Fsp3) is 0.692. The normalized spacial score (nSPS) is 24.6. The Morgan fingerprint density at radius 2 is 1.88 bits per heavy atom. The maximum absolute atomic E-state index is 4.28. The Hall–Kier alpha value is -1.16. The minimum absolute atomic E-state index is 0.569. The maximum Gasteiger partial charge on any atom is 0.129 e. The zero-order valence-corrected chi connectivity index (χ0v) is 10.7. The fourth-order valence-electron chi connectivity index (χ4n) is 2.41. The minimum Gasteiger partial charge on any atom is -0.367 e. The van der Waals surface area contributed by atoms with Gasteiger partial charge in [0.15, 0.2) is 0 Å². The number of aromatic nitrogens is 2. The second kappa shape index (κ2) is 5.96. The topological polar surface area (TPSA) is 49.8 Å². The third-order valence-corrected chi connectivity index (χ3v) is 3.57. The van der Waals surface area contributed by atoms with Gasteiger partial charge in [-0.25, -0.2) is 9.97 Å². The van der Waals surface area contributed by atoms with Gasteiger partial charge in [-0.05, 0) is 39.2 Å². The minimum atomic E-state index is 0.569. The summed E-state index contributed by atoms with van der Waals surface area (Å²) in [5.41, 5.74) is 1.10. The van der Waals surface area contributed by atoms with E-state index in [1.807, 2.05) is 0 Å². The standard InChI is InChI=1S/C13H22N4/c1-3-10-8-13(16-9-15-10)17-12-6-4-11(14-2)5-7-12/h8-9,11-12,14H,3-7H2,1-2H3,(H,15,16,17). The van der Waals surface area contributed by atoms with E-state index in [0.717, 1.165) is 17.9 Å². The molecule has 1 aliphatic carbocycles. The molecule has 94 valence electrons. The molecule has 4 nitrogen and oxygen atoms in total. The van der Waals surface area contributed by atoms with Crippen molar-refractivity contribution < 1.29 is 0 Å². The van der Waals surface area contributed by atoms with Crippen molar-refractivity contribution in [3.8, 4) is 0 Å². The average molecular weight is 234 g/mol. The highest BCUT2D eigenvalue weighted by molar-refractivity contribution is 5.36. The van der Waals surface area contributed by atoms with Crippen LogP contribution in [-0.4, -0.2) is 29.1 Å². The molecule has 0 saturated heterocycles. The summed E-state index contributed by atoms with van der Waals surface area (Å²) in [4.78, 5) is 8.50.